The quantitative estimate of drug-likeness (QED) is 0.704. The molecule has 1 heterocycles. The Balaban J connectivity index is 2.26. The zero-order valence-electron chi connectivity index (χ0n) is 15.2. The lowest BCUT2D eigenvalue weighted by atomic mass is 9.89. The van der Waals surface area contributed by atoms with E-state index < -0.39 is 36.0 Å². The van der Waals surface area contributed by atoms with Gasteiger partial charge in [0.25, 0.3) is 0 Å². The van der Waals surface area contributed by atoms with Crippen LogP contribution in [-0.2, 0) is 35.1 Å². The Morgan fingerprint density at radius 2 is 1.64 bits per heavy atom. The lowest BCUT2D eigenvalue weighted by Gasteiger charge is -2.32. The maximum atomic E-state index is 11.6. The maximum Gasteiger partial charge on any atom is 0.305 e. The molecule has 1 aliphatic rings. The number of hydrogen-bond donors (Lipinski definition) is 0. The molecule has 1 aliphatic heterocycles. The van der Waals surface area contributed by atoms with Gasteiger partial charge in [0.05, 0.1) is 6.61 Å². The van der Waals surface area contributed by atoms with Gasteiger partial charge in [-0.1, -0.05) is 44.2 Å². The highest BCUT2D eigenvalue weighted by Gasteiger charge is 2.57. The predicted octanol–water partition coefficient (Wildman–Crippen LogP) is 2.98. The van der Waals surface area contributed by atoms with Crippen molar-refractivity contribution in [1.82, 2.24) is 0 Å². The van der Waals surface area contributed by atoms with Crippen LogP contribution in [0.4, 0.5) is 0 Å². The molecule has 138 valence electrons. The van der Waals surface area contributed by atoms with Crippen molar-refractivity contribution in [2.24, 2.45) is 0 Å². The molecule has 2 unspecified atom stereocenters. The molecule has 3 atom stereocenters. The van der Waals surface area contributed by atoms with Crippen molar-refractivity contribution in [3.05, 3.63) is 35.9 Å². The van der Waals surface area contributed by atoms with Gasteiger partial charge in [0.15, 0.2) is 6.10 Å². The molecule has 0 saturated carbocycles. The topological polar surface area (TPSA) is 71.1 Å². The fourth-order valence-electron chi connectivity index (χ4n) is 3.20. The van der Waals surface area contributed by atoms with Gasteiger partial charge in [-0.25, -0.2) is 0 Å². The number of hydrogen-bond acceptors (Lipinski definition) is 6. The van der Waals surface area contributed by atoms with Crippen LogP contribution in [0.25, 0.3) is 0 Å². The van der Waals surface area contributed by atoms with Gasteiger partial charge in [-0.15, -0.1) is 0 Å². The molecular formula is C19H26O6. The molecule has 25 heavy (non-hydrogen) atoms. The van der Waals surface area contributed by atoms with E-state index in [0.29, 0.717) is 19.4 Å². The number of carbonyl (C=O) groups is 2. The summed E-state index contributed by atoms with van der Waals surface area (Å²) in [6.07, 6.45) is -1.03. The van der Waals surface area contributed by atoms with Gasteiger partial charge < -0.3 is 18.9 Å². The van der Waals surface area contributed by atoms with Crippen LogP contribution < -0.4 is 0 Å². The van der Waals surface area contributed by atoms with Crippen LogP contribution in [0.2, 0.25) is 0 Å². The minimum Gasteiger partial charge on any atom is -0.453 e. The summed E-state index contributed by atoms with van der Waals surface area (Å²) in [7, 11) is 0. The van der Waals surface area contributed by atoms with E-state index in [9.17, 15) is 9.59 Å². The van der Waals surface area contributed by atoms with Gasteiger partial charge in [0.1, 0.15) is 11.7 Å². The van der Waals surface area contributed by atoms with Gasteiger partial charge in [-0.2, -0.15) is 0 Å². The van der Waals surface area contributed by atoms with Crippen molar-refractivity contribution < 1.29 is 28.5 Å². The number of ether oxygens (including phenoxy) is 4. The molecule has 0 aromatic heterocycles. The van der Waals surface area contributed by atoms with E-state index in [4.69, 9.17) is 18.9 Å². The predicted molar refractivity (Wildman–Crippen MR) is 90.5 cm³/mol. The summed E-state index contributed by atoms with van der Waals surface area (Å²) < 4.78 is 22.8. The highest BCUT2D eigenvalue weighted by molar-refractivity contribution is 5.67. The number of esters is 2. The SMILES string of the molecule is CCC1(CC)OC(OC(C)=O)C(OC(C)=O)[C@H]1OCc1ccccc1. The highest BCUT2D eigenvalue weighted by atomic mass is 16.7. The third-order valence-corrected chi connectivity index (χ3v) is 4.49. The van der Waals surface area contributed by atoms with E-state index in [0.717, 1.165) is 5.56 Å². The summed E-state index contributed by atoms with van der Waals surface area (Å²) >= 11 is 0. The van der Waals surface area contributed by atoms with Crippen LogP contribution in [0.3, 0.4) is 0 Å². The molecule has 6 heteroatoms. The van der Waals surface area contributed by atoms with Gasteiger partial charge in [-0.05, 0) is 18.4 Å². The standard InChI is InChI=1S/C19H26O6/c1-5-19(6-2)17(22-12-15-10-8-7-9-11-15)16(23-13(3)20)18(25-19)24-14(4)21/h7-11,16-18H,5-6,12H2,1-4H3/t16?,17-,18?/m1/s1. The fraction of sp³-hybridized carbons (Fsp3) is 0.579. The zero-order chi connectivity index (χ0) is 18.4. The average Bonchev–Trinajstić information content (AvgIpc) is 2.86. The average molecular weight is 350 g/mol. The van der Waals surface area contributed by atoms with Crippen molar-refractivity contribution >= 4 is 11.9 Å². The first-order valence-electron chi connectivity index (χ1n) is 8.59. The lowest BCUT2D eigenvalue weighted by Crippen LogP contribution is -2.45. The van der Waals surface area contributed by atoms with Gasteiger partial charge in [-0.3, -0.25) is 9.59 Å². The Labute approximate surface area is 148 Å². The van der Waals surface area contributed by atoms with Gasteiger partial charge >= 0.3 is 11.9 Å². The fourth-order valence-corrected chi connectivity index (χ4v) is 3.20. The van der Waals surface area contributed by atoms with Crippen LogP contribution >= 0.6 is 0 Å². The third-order valence-electron chi connectivity index (χ3n) is 4.49. The molecule has 1 saturated heterocycles. The van der Waals surface area contributed by atoms with Crippen molar-refractivity contribution in [3.63, 3.8) is 0 Å². The Hall–Kier alpha value is -1.92. The third kappa shape index (κ3) is 4.58. The van der Waals surface area contributed by atoms with E-state index >= 15 is 0 Å². The summed E-state index contributed by atoms with van der Waals surface area (Å²) in [6, 6.07) is 9.71. The number of carbonyl (C=O) groups excluding carboxylic acids is 2. The van der Waals surface area contributed by atoms with E-state index in [1.165, 1.54) is 13.8 Å². The number of benzene rings is 1. The van der Waals surface area contributed by atoms with Crippen molar-refractivity contribution in [1.29, 1.82) is 0 Å². The first-order valence-corrected chi connectivity index (χ1v) is 8.59. The molecule has 0 spiro atoms. The Bertz CT molecular complexity index is 581. The maximum absolute atomic E-state index is 11.6. The normalized spacial score (nSPS) is 24.7. The monoisotopic (exact) mass is 350 g/mol. The Morgan fingerprint density at radius 1 is 1.04 bits per heavy atom. The van der Waals surface area contributed by atoms with Crippen molar-refractivity contribution in [2.75, 3.05) is 0 Å². The summed E-state index contributed by atoms with van der Waals surface area (Å²) in [4.78, 5) is 23.0. The van der Waals surface area contributed by atoms with Gasteiger partial charge in [0.2, 0.25) is 6.29 Å². The van der Waals surface area contributed by atoms with Crippen LogP contribution in [0.1, 0.15) is 46.1 Å². The lowest BCUT2D eigenvalue weighted by molar-refractivity contribution is -0.205. The minimum absolute atomic E-state index is 0.348. The van der Waals surface area contributed by atoms with Crippen molar-refractivity contribution in [3.8, 4) is 0 Å². The summed E-state index contributed by atoms with van der Waals surface area (Å²) in [5.41, 5.74) is 0.316. The molecule has 1 aromatic carbocycles. The molecule has 1 aromatic rings. The van der Waals surface area contributed by atoms with Crippen LogP contribution in [0, 0.1) is 0 Å². The largest absolute Gasteiger partial charge is 0.453 e. The second-order valence-corrected chi connectivity index (χ2v) is 6.16. The molecule has 2 rings (SSSR count). The smallest absolute Gasteiger partial charge is 0.305 e. The summed E-state index contributed by atoms with van der Waals surface area (Å²) in [5, 5.41) is 0. The van der Waals surface area contributed by atoms with E-state index in [1.807, 2.05) is 44.2 Å². The summed E-state index contributed by atoms with van der Waals surface area (Å²) in [5.74, 6) is -0.964. The molecule has 6 nitrogen and oxygen atoms in total. The number of rotatable bonds is 7. The molecule has 0 radical (unpaired) electrons. The van der Waals surface area contributed by atoms with E-state index in [1.54, 1.807) is 0 Å². The minimum atomic E-state index is -0.970. The van der Waals surface area contributed by atoms with Crippen LogP contribution in [0.15, 0.2) is 30.3 Å². The van der Waals surface area contributed by atoms with Crippen LogP contribution in [-0.4, -0.2) is 36.0 Å². The molecule has 0 N–H and O–H groups in total. The zero-order valence-corrected chi connectivity index (χ0v) is 15.2. The van der Waals surface area contributed by atoms with Crippen LogP contribution in [0.5, 0.6) is 0 Å². The van der Waals surface area contributed by atoms with E-state index in [2.05, 4.69) is 0 Å². The van der Waals surface area contributed by atoms with E-state index in [-0.39, 0.29) is 0 Å². The molecule has 0 aliphatic carbocycles. The molecule has 1 fully saturated rings. The second-order valence-electron chi connectivity index (χ2n) is 6.16. The first kappa shape index (κ1) is 19.4. The molecular weight excluding hydrogens is 324 g/mol. The molecule has 0 amide bonds. The second kappa shape index (κ2) is 8.45. The van der Waals surface area contributed by atoms with Crippen molar-refractivity contribution in [2.45, 2.75) is 71.2 Å². The Morgan fingerprint density at radius 3 is 2.16 bits per heavy atom. The Kier molecular flexibility index (Phi) is 6.56. The van der Waals surface area contributed by atoms with Gasteiger partial charge in [0, 0.05) is 13.8 Å². The first-order chi connectivity index (χ1) is 11.9. The summed E-state index contributed by atoms with van der Waals surface area (Å²) in [6.45, 7) is 6.91. The molecule has 0 bridgehead atoms. The highest BCUT2D eigenvalue weighted by Crippen LogP contribution is 2.41.